The zero-order valence-electron chi connectivity index (χ0n) is 10.4. The molecule has 2 aromatic rings. The van der Waals surface area contributed by atoms with Gasteiger partial charge in [-0.25, -0.2) is 0 Å². The standard InChI is InChI=1S/C13H15N3O2/c1-8-9(2)16-18-13(8)15-12(17)7-10-3-5-11(14)6-4-10/h3-6H,7,14H2,1-2H3,(H,15,17). The van der Waals surface area contributed by atoms with Crippen LogP contribution in [0.2, 0.25) is 0 Å². The van der Waals surface area contributed by atoms with Gasteiger partial charge in [0.25, 0.3) is 0 Å². The van der Waals surface area contributed by atoms with Crippen LogP contribution in [0.5, 0.6) is 0 Å². The minimum atomic E-state index is -0.140. The monoisotopic (exact) mass is 245 g/mol. The first kappa shape index (κ1) is 12.2. The number of carbonyl (C=O) groups excluding carboxylic acids is 1. The van der Waals surface area contributed by atoms with E-state index in [2.05, 4.69) is 10.5 Å². The van der Waals surface area contributed by atoms with Crippen LogP contribution < -0.4 is 11.1 Å². The molecular weight excluding hydrogens is 230 g/mol. The Morgan fingerprint density at radius 2 is 2.00 bits per heavy atom. The molecule has 1 aromatic heterocycles. The minimum Gasteiger partial charge on any atom is -0.399 e. The van der Waals surface area contributed by atoms with Crippen LogP contribution in [0.25, 0.3) is 0 Å². The molecule has 0 unspecified atom stereocenters. The van der Waals surface area contributed by atoms with Crippen LogP contribution in [0.1, 0.15) is 16.8 Å². The highest BCUT2D eigenvalue weighted by Gasteiger charge is 2.11. The molecule has 2 rings (SSSR count). The lowest BCUT2D eigenvalue weighted by molar-refractivity contribution is -0.115. The van der Waals surface area contributed by atoms with Crippen LogP contribution in [-0.2, 0) is 11.2 Å². The van der Waals surface area contributed by atoms with Gasteiger partial charge in [0.2, 0.25) is 11.8 Å². The van der Waals surface area contributed by atoms with Gasteiger partial charge >= 0.3 is 0 Å². The Balaban J connectivity index is 2.01. The summed E-state index contributed by atoms with van der Waals surface area (Å²) in [5.74, 6) is 0.270. The maximum absolute atomic E-state index is 11.8. The molecule has 1 amide bonds. The number of nitrogen functional groups attached to an aromatic ring is 1. The van der Waals surface area contributed by atoms with Gasteiger partial charge in [0.15, 0.2) is 0 Å². The Morgan fingerprint density at radius 1 is 1.33 bits per heavy atom. The predicted molar refractivity (Wildman–Crippen MR) is 69.2 cm³/mol. The van der Waals surface area contributed by atoms with E-state index in [-0.39, 0.29) is 12.3 Å². The van der Waals surface area contributed by atoms with E-state index in [9.17, 15) is 4.79 Å². The summed E-state index contributed by atoms with van der Waals surface area (Å²) < 4.78 is 5.02. The van der Waals surface area contributed by atoms with Crippen LogP contribution in [-0.4, -0.2) is 11.1 Å². The fraction of sp³-hybridized carbons (Fsp3) is 0.231. The highest BCUT2D eigenvalue weighted by atomic mass is 16.5. The number of aryl methyl sites for hydroxylation is 1. The SMILES string of the molecule is Cc1noc(NC(=O)Cc2ccc(N)cc2)c1C. The topological polar surface area (TPSA) is 81.2 Å². The number of anilines is 2. The molecule has 0 spiro atoms. The third kappa shape index (κ3) is 2.68. The first-order valence-electron chi connectivity index (χ1n) is 5.63. The lowest BCUT2D eigenvalue weighted by Crippen LogP contribution is -2.14. The average molecular weight is 245 g/mol. The van der Waals surface area contributed by atoms with E-state index in [0.717, 1.165) is 16.8 Å². The molecule has 94 valence electrons. The molecule has 5 nitrogen and oxygen atoms in total. The molecule has 0 radical (unpaired) electrons. The van der Waals surface area contributed by atoms with Gasteiger partial charge < -0.3 is 10.3 Å². The zero-order valence-corrected chi connectivity index (χ0v) is 10.4. The Hall–Kier alpha value is -2.30. The number of hydrogen-bond donors (Lipinski definition) is 2. The molecule has 0 atom stereocenters. The third-order valence-electron chi connectivity index (χ3n) is 2.75. The summed E-state index contributed by atoms with van der Waals surface area (Å²) in [6.45, 7) is 3.68. The zero-order chi connectivity index (χ0) is 13.1. The second-order valence-corrected chi connectivity index (χ2v) is 4.19. The van der Waals surface area contributed by atoms with Crippen LogP contribution in [0.4, 0.5) is 11.6 Å². The van der Waals surface area contributed by atoms with Gasteiger partial charge in [-0.05, 0) is 31.5 Å². The predicted octanol–water partition coefficient (Wildman–Crippen LogP) is 2.05. The van der Waals surface area contributed by atoms with Crippen LogP contribution in [0.15, 0.2) is 28.8 Å². The lowest BCUT2D eigenvalue weighted by atomic mass is 10.1. The number of amides is 1. The second-order valence-electron chi connectivity index (χ2n) is 4.19. The fourth-order valence-electron chi connectivity index (χ4n) is 1.52. The van der Waals surface area contributed by atoms with Crippen molar-refractivity contribution in [3.8, 4) is 0 Å². The molecule has 0 saturated heterocycles. The average Bonchev–Trinajstić information content (AvgIpc) is 2.64. The molecule has 1 heterocycles. The highest BCUT2D eigenvalue weighted by Crippen LogP contribution is 2.17. The highest BCUT2D eigenvalue weighted by molar-refractivity contribution is 5.91. The summed E-state index contributed by atoms with van der Waals surface area (Å²) in [5.41, 5.74) is 8.78. The van der Waals surface area contributed by atoms with Crippen molar-refractivity contribution in [2.75, 3.05) is 11.1 Å². The Morgan fingerprint density at radius 3 is 2.56 bits per heavy atom. The molecule has 18 heavy (non-hydrogen) atoms. The number of nitrogens with two attached hydrogens (primary N) is 1. The van der Waals surface area contributed by atoms with Crippen LogP contribution in [0.3, 0.4) is 0 Å². The Bertz CT molecular complexity index is 558. The number of benzene rings is 1. The molecule has 0 aliphatic heterocycles. The van der Waals surface area contributed by atoms with E-state index < -0.39 is 0 Å². The molecule has 0 fully saturated rings. The van der Waals surface area contributed by atoms with Crippen molar-refractivity contribution >= 4 is 17.5 Å². The summed E-state index contributed by atoms with van der Waals surface area (Å²) in [6, 6.07) is 7.19. The molecule has 0 aliphatic carbocycles. The summed E-state index contributed by atoms with van der Waals surface area (Å²) in [7, 11) is 0. The Kier molecular flexibility index (Phi) is 3.32. The minimum absolute atomic E-state index is 0.140. The van der Waals surface area contributed by atoms with Crippen molar-refractivity contribution in [3.05, 3.63) is 41.1 Å². The third-order valence-corrected chi connectivity index (χ3v) is 2.75. The van der Waals surface area contributed by atoms with Gasteiger partial charge in [-0.3, -0.25) is 10.1 Å². The van der Waals surface area contributed by atoms with Crippen molar-refractivity contribution in [1.82, 2.24) is 5.16 Å². The number of hydrogen-bond acceptors (Lipinski definition) is 4. The van der Waals surface area contributed by atoms with Gasteiger partial charge in [-0.15, -0.1) is 0 Å². The lowest BCUT2D eigenvalue weighted by Gasteiger charge is -2.03. The van der Waals surface area contributed by atoms with Crippen LogP contribution >= 0.6 is 0 Å². The number of aromatic nitrogens is 1. The van der Waals surface area contributed by atoms with E-state index in [0.29, 0.717) is 11.6 Å². The number of nitrogens with zero attached hydrogens (tertiary/aromatic N) is 1. The molecule has 0 saturated carbocycles. The number of nitrogens with one attached hydrogen (secondary N) is 1. The quantitative estimate of drug-likeness (QED) is 0.811. The Labute approximate surface area is 105 Å². The summed E-state index contributed by atoms with van der Waals surface area (Å²) in [6.07, 6.45) is 0.277. The van der Waals surface area contributed by atoms with Crippen molar-refractivity contribution in [1.29, 1.82) is 0 Å². The molecule has 5 heteroatoms. The smallest absolute Gasteiger partial charge is 0.234 e. The number of carbonyl (C=O) groups is 1. The van der Waals surface area contributed by atoms with Gasteiger partial charge in [0, 0.05) is 11.3 Å². The van der Waals surface area contributed by atoms with Crippen molar-refractivity contribution in [3.63, 3.8) is 0 Å². The molecular formula is C13H15N3O2. The van der Waals surface area contributed by atoms with Gasteiger partial charge in [-0.2, -0.15) is 0 Å². The first-order chi connectivity index (χ1) is 8.56. The van der Waals surface area contributed by atoms with Crippen LogP contribution in [0, 0.1) is 13.8 Å². The first-order valence-corrected chi connectivity index (χ1v) is 5.63. The summed E-state index contributed by atoms with van der Waals surface area (Å²) >= 11 is 0. The van der Waals surface area contributed by atoms with Gasteiger partial charge in [0.05, 0.1) is 12.1 Å². The normalized spacial score (nSPS) is 10.3. The van der Waals surface area contributed by atoms with E-state index in [1.165, 1.54) is 0 Å². The van der Waals surface area contributed by atoms with E-state index in [4.69, 9.17) is 10.3 Å². The van der Waals surface area contributed by atoms with Gasteiger partial charge in [0.1, 0.15) is 0 Å². The fourth-order valence-corrected chi connectivity index (χ4v) is 1.52. The molecule has 3 N–H and O–H groups in total. The van der Waals surface area contributed by atoms with Crippen molar-refractivity contribution in [2.45, 2.75) is 20.3 Å². The molecule has 1 aromatic carbocycles. The maximum Gasteiger partial charge on any atom is 0.234 e. The van der Waals surface area contributed by atoms with Gasteiger partial charge in [-0.1, -0.05) is 17.3 Å². The van der Waals surface area contributed by atoms with Crippen molar-refractivity contribution in [2.24, 2.45) is 0 Å². The molecule has 0 bridgehead atoms. The maximum atomic E-state index is 11.8. The van der Waals surface area contributed by atoms with E-state index in [1.54, 1.807) is 12.1 Å². The van der Waals surface area contributed by atoms with Crippen molar-refractivity contribution < 1.29 is 9.32 Å². The summed E-state index contributed by atoms with van der Waals surface area (Å²) in [4.78, 5) is 11.8. The molecule has 0 aliphatic rings. The number of rotatable bonds is 3. The summed E-state index contributed by atoms with van der Waals surface area (Å²) in [5, 5.41) is 6.48. The largest absolute Gasteiger partial charge is 0.399 e. The van der Waals surface area contributed by atoms with E-state index >= 15 is 0 Å². The second kappa shape index (κ2) is 4.91. The van der Waals surface area contributed by atoms with E-state index in [1.807, 2.05) is 26.0 Å².